The molecular weight excluding hydrogens is 349 g/mol. The quantitative estimate of drug-likeness (QED) is 0.399. The van der Waals surface area contributed by atoms with Crippen molar-refractivity contribution >= 4 is 12.0 Å². The van der Waals surface area contributed by atoms with E-state index >= 15 is 0 Å². The number of nitrogens with zero attached hydrogens (tertiary/aromatic N) is 1. The number of ether oxygens (including phenoxy) is 2. The van der Waals surface area contributed by atoms with Gasteiger partial charge in [-0.1, -0.05) is 18.2 Å². The highest BCUT2D eigenvalue weighted by atomic mass is 19.4. The maximum atomic E-state index is 12.5. The summed E-state index contributed by atoms with van der Waals surface area (Å²) in [4.78, 5) is 12.5. The number of para-hydroxylation sites is 1. The molecule has 0 unspecified atom stereocenters. The van der Waals surface area contributed by atoms with Gasteiger partial charge in [0.25, 0.3) is 0 Å². The van der Waals surface area contributed by atoms with Crippen LogP contribution in [0.5, 0.6) is 11.5 Å². The second kappa shape index (κ2) is 9.05. The van der Waals surface area contributed by atoms with Gasteiger partial charge in [0, 0.05) is 18.2 Å². The van der Waals surface area contributed by atoms with Gasteiger partial charge in [0.15, 0.2) is 11.5 Å². The Morgan fingerprint density at radius 1 is 1.36 bits per heavy atom. The zero-order valence-corrected chi connectivity index (χ0v) is 13.2. The van der Waals surface area contributed by atoms with E-state index in [9.17, 15) is 26.7 Å². The minimum atomic E-state index is -4.58. The maximum Gasteiger partial charge on any atom is 0.406 e. The molecule has 0 aliphatic carbocycles. The largest absolute Gasteiger partial charge is 0.493 e. The molecular formula is C16H16F5NO3. The first-order chi connectivity index (χ1) is 11.7. The molecule has 0 fully saturated rings. The van der Waals surface area contributed by atoms with Crippen LogP contribution in [0.4, 0.5) is 22.0 Å². The Bertz CT molecular complexity index is 629. The van der Waals surface area contributed by atoms with Crippen molar-refractivity contribution in [3.05, 3.63) is 42.5 Å². The monoisotopic (exact) mass is 365 g/mol. The third-order valence-electron chi connectivity index (χ3n) is 2.87. The van der Waals surface area contributed by atoms with E-state index in [-0.39, 0.29) is 23.6 Å². The second-order valence-corrected chi connectivity index (χ2v) is 4.71. The van der Waals surface area contributed by atoms with Crippen molar-refractivity contribution in [1.82, 2.24) is 4.90 Å². The molecule has 9 heteroatoms. The minimum absolute atomic E-state index is 0.00635. The van der Waals surface area contributed by atoms with E-state index in [2.05, 4.69) is 11.3 Å². The van der Waals surface area contributed by atoms with Crippen LogP contribution < -0.4 is 9.47 Å². The van der Waals surface area contributed by atoms with Crippen LogP contribution in [0, 0.1) is 0 Å². The molecule has 1 amide bonds. The Kier molecular flexibility index (Phi) is 7.41. The van der Waals surface area contributed by atoms with Gasteiger partial charge in [-0.15, -0.1) is 6.58 Å². The van der Waals surface area contributed by atoms with Crippen molar-refractivity contribution in [2.24, 2.45) is 0 Å². The molecule has 0 aliphatic heterocycles. The number of methoxy groups -OCH3 is 1. The fraction of sp³-hybridized carbons (Fsp3) is 0.312. The van der Waals surface area contributed by atoms with Crippen LogP contribution in [-0.2, 0) is 4.79 Å². The molecule has 0 heterocycles. The number of hydrogen-bond donors (Lipinski definition) is 0. The molecule has 0 aliphatic rings. The zero-order chi connectivity index (χ0) is 19.0. The van der Waals surface area contributed by atoms with Crippen LogP contribution in [-0.4, -0.2) is 43.8 Å². The van der Waals surface area contributed by atoms with Crippen LogP contribution in [0.15, 0.2) is 36.9 Å². The topological polar surface area (TPSA) is 38.8 Å². The van der Waals surface area contributed by atoms with E-state index in [4.69, 9.17) is 4.74 Å². The summed E-state index contributed by atoms with van der Waals surface area (Å²) in [7, 11) is 1.24. The summed E-state index contributed by atoms with van der Waals surface area (Å²) < 4.78 is 71.7. The van der Waals surface area contributed by atoms with Gasteiger partial charge < -0.3 is 14.4 Å². The fourth-order valence-electron chi connectivity index (χ4n) is 1.91. The Morgan fingerprint density at radius 2 is 2.04 bits per heavy atom. The first-order valence-electron chi connectivity index (χ1n) is 6.94. The zero-order valence-electron chi connectivity index (χ0n) is 13.2. The third-order valence-corrected chi connectivity index (χ3v) is 2.87. The van der Waals surface area contributed by atoms with Crippen molar-refractivity contribution in [2.45, 2.75) is 12.8 Å². The van der Waals surface area contributed by atoms with Crippen molar-refractivity contribution in [3.63, 3.8) is 0 Å². The summed E-state index contributed by atoms with van der Waals surface area (Å²) in [5.74, 6) is -1.29. The van der Waals surface area contributed by atoms with Gasteiger partial charge in [-0.05, 0) is 12.1 Å². The molecule has 0 atom stereocenters. The number of halogens is 5. The van der Waals surface area contributed by atoms with Gasteiger partial charge in [0.05, 0.1) is 7.11 Å². The number of hydrogen-bond acceptors (Lipinski definition) is 3. The average Bonchev–Trinajstić information content (AvgIpc) is 2.51. The Morgan fingerprint density at radius 3 is 2.56 bits per heavy atom. The van der Waals surface area contributed by atoms with Crippen molar-refractivity contribution < 1.29 is 36.2 Å². The molecule has 1 rings (SSSR count). The van der Waals surface area contributed by atoms with Gasteiger partial charge in [0.1, 0.15) is 6.54 Å². The molecule has 0 aromatic heterocycles. The fourth-order valence-corrected chi connectivity index (χ4v) is 1.91. The molecule has 0 radical (unpaired) electrons. The maximum absolute atomic E-state index is 12.5. The van der Waals surface area contributed by atoms with Gasteiger partial charge in [0.2, 0.25) is 5.91 Å². The number of amides is 1. The molecule has 0 N–H and O–H groups in total. The summed E-state index contributed by atoms with van der Waals surface area (Å²) in [5, 5.41) is 0. The van der Waals surface area contributed by atoms with Gasteiger partial charge in [-0.3, -0.25) is 4.79 Å². The van der Waals surface area contributed by atoms with Crippen molar-refractivity contribution in [2.75, 3.05) is 20.2 Å². The first-order valence-corrected chi connectivity index (χ1v) is 6.94. The average molecular weight is 365 g/mol. The van der Waals surface area contributed by atoms with E-state index in [0.717, 1.165) is 18.2 Å². The van der Waals surface area contributed by atoms with E-state index in [0.29, 0.717) is 4.90 Å². The van der Waals surface area contributed by atoms with Crippen LogP contribution in [0.1, 0.15) is 5.56 Å². The lowest BCUT2D eigenvalue weighted by Crippen LogP contribution is -2.38. The summed E-state index contributed by atoms with van der Waals surface area (Å²) >= 11 is 0. The van der Waals surface area contributed by atoms with Crippen LogP contribution in [0.25, 0.3) is 6.08 Å². The van der Waals surface area contributed by atoms with E-state index < -0.39 is 25.2 Å². The lowest BCUT2D eigenvalue weighted by molar-refractivity contribution is -0.157. The highest BCUT2D eigenvalue weighted by Gasteiger charge is 2.31. The lowest BCUT2D eigenvalue weighted by Gasteiger charge is -2.21. The van der Waals surface area contributed by atoms with Gasteiger partial charge >= 0.3 is 12.8 Å². The van der Waals surface area contributed by atoms with E-state index in [1.54, 1.807) is 0 Å². The van der Waals surface area contributed by atoms with E-state index in [1.165, 1.54) is 25.3 Å². The number of benzene rings is 1. The third kappa shape index (κ3) is 6.82. The highest BCUT2D eigenvalue weighted by Crippen LogP contribution is 2.33. The number of carbonyl (C=O) groups is 1. The first kappa shape index (κ1) is 20.5. The van der Waals surface area contributed by atoms with Gasteiger partial charge in [-0.25, -0.2) is 0 Å². The molecule has 4 nitrogen and oxygen atoms in total. The minimum Gasteiger partial charge on any atom is -0.493 e. The SMILES string of the molecule is C=CCN(CC(F)(F)F)C(=O)/C=C\c1cccc(OC)c1OC(F)F. The molecule has 0 spiro atoms. The predicted octanol–water partition coefficient (Wildman–Crippen LogP) is 3.89. The Hall–Kier alpha value is -2.58. The molecule has 1 aromatic carbocycles. The smallest absolute Gasteiger partial charge is 0.406 e. The standard InChI is InChI=1S/C16H16F5NO3/c1-3-9-22(10-16(19,20)21)13(23)8-7-11-5-4-6-12(24-2)14(11)25-15(17)18/h3-8,15H,1,9-10H2,2H3/b8-7-. The number of rotatable bonds is 8. The molecule has 0 saturated carbocycles. The summed E-state index contributed by atoms with van der Waals surface area (Å²) in [5.41, 5.74) is 0.0542. The predicted molar refractivity (Wildman–Crippen MR) is 81.5 cm³/mol. The van der Waals surface area contributed by atoms with Crippen molar-refractivity contribution in [3.8, 4) is 11.5 Å². The van der Waals surface area contributed by atoms with Crippen molar-refractivity contribution in [1.29, 1.82) is 0 Å². The summed E-state index contributed by atoms with van der Waals surface area (Å²) in [6.07, 6.45) is -1.52. The number of alkyl halides is 5. The molecule has 0 bridgehead atoms. The molecule has 138 valence electrons. The van der Waals surface area contributed by atoms with Gasteiger partial charge in [-0.2, -0.15) is 22.0 Å². The van der Waals surface area contributed by atoms with Crippen LogP contribution >= 0.6 is 0 Å². The van der Waals surface area contributed by atoms with E-state index in [1.807, 2.05) is 0 Å². The molecule has 1 aromatic rings. The molecule has 25 heavy (non-hydrogen) atoms. The second-order valence-electron chi connectivity index (χ2n) is 4.71. The normalized spacial score (nSPS) is 11.6. The summed E-state index contributed by atoms with van der Waals surface area (Å²) in [6.45, 7) is -1.62. The highest BCUT2D eigenvalue weighted by molar-refractivity contribution is 5.92. The number of carbonyl (C=O) groups excluding carboxylic acids is 1. The lowest BCUT2D eigenvalue weighted by atomic mass is 10.1. The summed E-state index contributed by atoms with van der Waals surface area (Å²) in [6, 6.07) is 4.18. The van der Waals surface area contributed by atoms with Crippen LogP contribution in [0.3, 0.4) is 0 Å². The van der Waals surface area contributed by atoms with Crippen LogP contribution in [0.2, 0.25) is 0 Å². The Labute approximate surface area is 141 Å². The molecule has 0 saturated heterocycles. The Balaban J connectivity index is 3.06.